The topological polar surface area (TPSA) is 73.9 Å². The fourth-order valence-corrected chi connectivity index (χ4v) is 3.10. The summed E-state index contributed by atoms with van der Waals surface area (Å²) in [6.07, 6.45) is 0.878. The van der Waals surface area contributed by atoms with Gasteiger partial charge in [-0.15, -0.1) is 0 Å². The molecule has 1 aliphatic heterocycles. The first-order chi connectivity index (χ1) is 13.0. The molecule has 1 aromatic rings. The summed E-state index contributed by atoms with van der Waals surface area (Å²) in [5, 5.41) is 5.57. The van der Waals surface area contributed by atoms with Gasteiger partial charge in [-0.3, -0.25) is 14.5 Å². The molecule has 1 atom stereocenters. The number of ether oxygens (including phenoxy) is 1. The number of carbonyl (C=O) groups excluding carboxylic acids is 2. The van der Waals surface area contributed by atoms with Gasteiger partial charge in [-0.05, 0) is 32.4 Å². The van der Waals surface area contributed by atoms with Crippen LogP contribution in [0.4, 0.5) is 5.69 Å². The average Bonchev–Trinajstić information content (AvgIpc) is 2.67. The minimum absolute atomic E-state index is 0.114. The maximum atomic E-state index is 12.2. The van der Waals surface area contributed by atoms with Crippen LogP contribution in [0.2, 0.25) is 0 Å². The van der Waals surface area contributed by atoms with E-state index in [1.807, 2.05) is 32.0 Å². The van der Waals surface area contributed by atoms with Crippen LogP contribution in [0.15, 0.2) is 24.3 Å². The van der Waals surface area contributed by atoms with Gasteiger partial charge < -0.3 is 20.3 Å². The zero-order valence-electron chi connectivity index (χ0n) is 16.7. The smallest absolute Gasteiger partial charge is 0.242 e. The van der Waals surface area contributed by atoms with E-state index in [9.17, 15) is 9.59 Å². The fourth-order valence-electron chi connectivity index (χ4n) is 3.10. The van der Waals surface area contributed by atoms with Gasteiger partial charge >= 0.3 is 0 Å². The molecule has 0 bridgehead atoms. The monoisotopic (exact) mass is 376 g/mol. The number of amides is 2. The highest BCUT2D eigenvalue weighted by atomic mass is 16.5. The summed E-state index contributed by atoms with van der Waals surface area (Å²) >= 11 is 0. The van der Waals surface area contributed by atoms with Gasteiger partial charge in [-0.1, -0.05) is 19.1 Å². The zero-order chi connectivity index (χ0) is 19.6. The summed E-state index contributed by atoms with van der Waals surface area (Å²) in [6, 6.07) is 7.55. The molecule has 1 aliphatic rings. The molecule has 0 saturated carbocycles. The Labute approximate surface area is 162 Å². The Morgan fingerprint density at radius 1 is 1.15 bits per heavy atom. The molecule has 0 aliphatic carbocycles. The van der Waals surface area contributed by atoms with Gasteiger partial charge in [0.2, 0.25) is 11.8 Å². The second-order valence-corrected chi connectivity index (χ2v) is 6.74. The Hall–Kier alpha value is -2.28. The summed E-state index contributed by atoms with van der Waals surface area (Å²) in [7, 11) is 0. The standard InChI is InChI=1S/C20H32N4O3/c1-4-10-21-20(26)16(3)22-19(25)15-23-11-13-24(14-12-23)17-8-6-7-9-18(17)27-5-2/h6-9,16H,4-5,10-15H2,1-3H3,(H,21,26)(H,22,25)/t16-/m1/s1. The minimum Gasteiger partial charge on any atom is -0.492 e. The number of benzene rings is 1. The molecule has 1 saturated heterocycles. The lowest BCUT2D eigenvalue weighted by Gasteiger charge is -2.36. The van der Waals surface area contributed by atoms with Crippen LogP contribution in [0.1, 0.15) is 27.2 Å². The summed E-state index contributed by atoms with van der Waals surface area (Å²) in [5.41, 5.74) is 1.10. The van der Waals surface area contributed by atoms with Crippen molar-refractivity contribution in [2.24, 2.45) is 0 Å². The van der Waals surface area contributed by atoms with Gasteiger partial charge in [0.25, 0.3) is 0 Å². The van der Waals surface area contributed by atoms with Crippen LogP contribution in [0, 0.1) is 0 Å². The zero-order valence-corrected chi connectivity index (χ0v) is 16.7. The number of piperazine rings is 1. The van der Waals surface area contributed by atoms with E-state index in [0.717, 1.165) is 44.0 Å². The molecule has 150 valence electrons. The molecule has 2 N–H and O–H groups in total. The Balaban J connectivity index is 1.79. The van der Waals surface area contributed by atoms with Crippen LogP contribution in [-0.4, -0.2) is 68.6 Å². The SMILES string of the molecule is CCCNC(=O)[C@@H](C)NC(=O)CN1CCN(c2ccccc2OCC)CC1. The van der Waals surface area contributed by atoms with E-state index in [0.29, 0.717) is 19.7 Å². The summed E-state index contributed by atoms with van der Waals surface area (Å²) in [4.78, 5) is 28.5. The third-order valence-electron chi connectivity index (χ3n) is 4.57. The van der Waals surface area contributed by atoms with E-state index in [2.05, 4.69) is 26.5 Å². The van der Waals surface area contributed by atoms with Crippen molar-refractivity contribution in [3.63, 3.8) is 0 Å². The van der Waals surface area contributed by atoms with Crippen LogP contribution >= 0.6 is 0 Å². The van der Waals surface area contributed by atoms with E-state index in [1.165, 1.54) is 0 Å². The maximum Gasteiger partial charge on any atom is 0.242 e. The number of nitrogens with zero attached hydrogens (tertiary/aromatic N) is 2. The van der Waals surface area contributed by atoms with Crippen LogP contribution in [-0.2, 0) is 9.59 Å². The molecule has 27 heavy (non-hydrogen) atoms. The van der Waals surface area contributed by atoms with Crippen LogP contribution in [0.5, 0.6) is 5.75 Å². The van der Waals surface area contributed by atoms with Crippen LogP contribution < -0.4 is 20.3 Å². The predicted octanol–water partition coefficient (Wildman–Crippen LogP) is 1.24. The normalized spacial score (nSPS) is 15.9. The minimum atomic E-state index is -0.511. The van der Waals surface area contributed by atoms with Gasteiger partial charge in [0.05, 0.1) is 18.8 Å². The molecule has 0 radical (unpaired) electrons. The van der Waals surface area contributed by atoms with Gasteiger partial charge in [0.1, 0.15) is 11.8 Å². The summed E-state index contributed by atoms with van der Waals surface area (Å²) in [6.45, 7) is 10.5. The van der Waals surface area contributed by atoms with Crippen molar-refractivity contribution in [2.45, 2.75) is 33.2 Å². The second-order valence-electron chi connectivity index (χ2n) is 6.74. The molecular weight excluding hydrogens is 344 g/mol. The number of hydrogen-bond donors (Lipinski definition) is 2. The molecule has 7 nitrogen and oxygen atoms in total. The number of carbonyl (C=O) groups is 2. The largest absolute Gasteiger partial charge is 0.492 e. The molecule has 7 heteroatoms. The summed E-state index contributed by atoms with van der Waals surface area (Å²) in [5.74, 6) is 0.651. The van der Waals surface area contributed by atoms with E-state index < -0.39 is 6.04 Å². The molecule has 2 amide bonds. The highest BCUT2D eigenvalue weighted by Crippen LogP contribution is 2.28. The lowest BCUT2D eigenvalue weighted by Crippen LogP contribution is -2.52. The summed E-state index contributed by atoms with van der Waals surface area (Å²) < 4.78 is 5.72. The van der Waals surface area contributed by atoms with Gasteiger partial charge in [-0.25, -0.2) is 0 Å². The molecule has 0 spiro atoms. The highest BCUT2D eigenvalue weighted by Gasteiger charge is 2.22. The lowest BCUT2D eigenvalue weighted by molar-refractivity contribution is -0.129. The molecule has 0 aromatic heterocycles. The first-order valence-corrected chi connectivity index (χ1v) is 9.81. The Kier molecular flexibility index (Phi) is 8.39. The molecule has 2 rings (SSSR count). The van der Waals surface area contributed by atoms with Crippen molar-refractivity contribution in [1.82, 2.24) is 15.5 Å². The molecular formula is C20H32N4O3. The van der Waals surface area contributed by atoms with Crippen molar-refractivity contribution in [1.29, 1.82) is 0 Å². The molecule has 1 fully saturated rings. The average molecular weight is 377 g/mol. The Bertz CT molecular complexity index is 615. The predicted molar refractivity (Wildman–Crippen MR) is 107 cm³/mol. The highest BCUT2D eigenvalue weighted by molar-refractivity contribution is 5.87. The number of anilines is 1. The van der Waals surface area contributed by atoms with Crippen LogP contribution in [0.25, 0.3) is 0 Å². The van der Waals surface area contributed by atoms with E-state index in [1.54, 1.807) is 6.92 Å². The molecule has 1 heterocycles. The third kappa shape index (κ3) is 6.43. The van der Waals surface area contributed by atoms with Crippen LogP contribution in [0.3, 0.4) is 0 Å². The second kappa shape index (κ2) is 10.8. The van der Waals surface area contributed by atoms with Crippen molar-refractivity contribution >= 4 is 17.5 Å². The van der Waals surface area contributed by atoms with Crippen molar-refractivity contribution in [2.75, 3.05) is 50.8 Å². The Morgan fingerprint density at radius 2 is 1.85 bits per heavy atom. The third-order valence-corrected chi connectivity index (χ3v) is 4.57. The number of hydrogen-bond acceptors (Lipinski definition) is 5. The number of nitrogens with one attached hydrogen (secondary N) is 2. The van der Waals surface area contributed by atoms with Crippen molar-refractivity contribution in [3.05, 3.63) is 24.3 Å². The van der Waals surface area contributed by atoms with E-state index in [-0.39, 0.29) is 11.8 Å². The number of rotatable bonds is 9. The quantitative estimate of drug-likeness (QED) is 0.678. The van der Waals surface area contributed by atoms with Crippen molar-refractivity contribution < 1.29 is 14.3 Å². The Morgan fingerprint density at radius 3 is 2.52 bits per heavy atom. The number of para-hydroxylation sites is 2. The maximum absolute atomic E-state index is 12.2. The first-order valence-electron chi connectivity index (χ1n) is 9.81. The van der Waals surface area contributed by atoms with Crippen molar-refractivity contribution in [3.8, 4) is 5.75 Å². The lowest BCUT2D eigenvalue weighted by atomic mass is 10.2. The van der Waals surface area contributed by atoms with Gasteiger partial charge in [-0.2, -0.15) is 0 Å². The van der Waals surface area contributed by atoms with Gasteiger partial charge in [0.15, 0.2) is 0 Å². The fraction of sp³-hybridized carbons (Fsp3) is 0.600. The molecule has 1 aromatic carbocycles. The molecule has 0 unspecified atom stereocenters. The first kappa shape index (κ1) is 21.0. The van der Waals surface area contributed by atoms with E-state index in [4.69, 9.17) is 4.74 Å². The van der Waals surface area contributed by atoms with E-state index >= 15 is 0 Å². The van der Waals surface area contributed by atoms with Gasteiger partial charge in [0, 0.05) is 32.7 Å².